The van der Waals surface area contributed by atoms with Crippen molar-refractivity contribution >= 4 is 11.7 Å². The van der Waals surface area contributed by atoms with Crippen LogP contribution in [0.25, 0.3) is 0 Å². The molecule has 4 heteroatoms. The molecule has 2 saturated heterocycles. The predicted molar refractivity (Wildman–Crippen MR) is 100 cm³/mol. The van der Waals surface area contributed by atoms with Crippen LogP contribution in [0.5, 0.6) is 0 Å². The van der Waals surface area contributed by atoms with Gasteiger partial charge in [-0.2, -0.15) is 0 Å². The van der Waals surface area contributed by atoms with E-state index >= 15 is 0 Å². The Hall–Kier alpha value is -0.740. The van der Waals surface area contributed by atoms with Crippen molar-refractivity contribution in [2.75, 3.05) is 52.4 Å². The first kappa shape index (κ1) is 16.7. The molecule has 2 atom stereocenters. The standard InChI is InChI=1S/C20H36N4/c1-3-9-19-21-11-7-15-23(19,13-5-1)17-18-24-14-6-2-4-10-20(24)22-12-8-16-24/h1-18H2/q+2. The minimum Gasteiger partial charge on any atom is -0.274 e. The normalized spacial score (nSPS) is 37.3. The summed E-state index contributed by atoms with van der Waals surface area (Å²) in [5.74, 6) is 3.12. The van der Waals surface area contributed by atoms with E-state index in [2.05, 4.69) is 0 Å². The van der Waals surface area contributed by atoms with Gasteiger partial charge in [0, 0.05) is 38.8 Å². The molecule has 0 bridgehead atoms. The van der Waals surface area contributed by atoms with Crippen LogP contribution in [-0.2, 0) is 0 Å². The number of hydrogen-bond acceptors (Lipinski definition) is 2. The number of aliphatic imine (C=N–C) groups is 2. The Morgan fingerprint density at radius 1 is 0.542 bits per heavy atom. The lowest BCUT2D eigenvalue weighted by atomic mass is 10.1. The summed E-state index contributed by atoms with van der Waals surface area (Å²) in [4.78, 5) is 10.0. The summed E-state index contributed by atoms with van der Waals surface area (Å²) in [5, 5.41) is 0. The lowest BCUT2D eigenvalue weighted by Crippen LogP contribution is -2.63. The summed E-state index contributed by atoms with van der Waals surface area (Å²) in [7, 11) is 0. The number of nitrogens with zero attached hydrogens (tertiary/aromatic N) is 4. The van der Waals surface area contributed by atoms with Crippen LogP contribution in [0.3, 0.4) is 0 Å². The maximum atomic E-state index is 5.02. The second-order valence-corrected chi connectivity index (χ2v) is 8.56. The molecule has 0 radical (unpaired) electrons. The van der Waals surface area contributed by atoms with Gasteiger partial charge in [0.1, 0.15) is 13.1 Å². The molecule has 4 heterocycles. The Labute approximate surface area is 147 Å². The van der Waals surface area contributed by atoms with Crippen LogP contribution in [-0.4, -0.2) is 73.0 Å². The lowest BCUT2D eigenvalue weighted by molar-refractivity contribution is -0.901. The fourth-order valence-corrected chi connectivity index (χ4v) is 5.67. The van der Waals surface area contributed by atoms with Gasteiger partial charge in [-0.1, -0.05) is 0 Å². The largest absolute Gasteiger partial charge is 0.274 e. The highest BCUT2D eigenvalue weighted by atomic mass is 15.5. The summed E-state index contributed by atoms with van der Waals surface area (Å²) in [6.07, 6.45) is 13.5. The minimum absolute atomic E-state index is 1.09. The van der Waals surface area contributed by atoms with Crippen LogP contribution in [0.1, 0.15) is 64.2 Å². The molecule has 134 valence electrons. The molecule has 4 aliphatic rings. The molecule has 2 unspecified atom stereocenters. The van der Waals surface area contributed by atoms with Crippen molar-refractivity contribution in [3.63, 3.8) is 0 Å². The Kier molecular flexibility index (Phi) is 5.05. The van der Waals surface area contributed by atoms with Crippen LogP contribution >= 0.6 is 0 Å². The van der Waals surface area contributed by atoms with Crippen LogP contribution in [0.4, 0.5) is 0 Å². The van der Waals surface area contributed by atoms with Crippen molar-refractivity contribution in [2.24, 2.45) is 9.98 Å². The Balaban J connectivity index is 1.55. The van der Waals surface area contributed by atoms with Crippen molar-refractivity contribution in [1.29, 1.82) is 0 Å². The molecule has 0 spiro atoms. The third-order valence-corrected chi connectivity index (χ3v) is 7.10. The Morgan fingerprint density at radius 3 is 1.50 bits per heavy atom. The van der Waals surface area contributed by atoms with E-state index in [1.54, 1.807) is 11.7 Å². The maximum Gasteiger partial charge on any atom is 0.198 e. The molecule has 4 rings (SSSR count). The van der Waals surface area contributed by atoms with E-state index in [-0.39, 0.29) is 0 Å². The lowest BCUT2D eigenvalue weighted by Gasteiger charge is -2.45. The van der Waals surface area contributed by atoms with Gasteiger partial charge in [0.25, 0.3) is 0 Å². The molecular weight excluding hydrogens is 296 g/mol. The molecule has 0 aliphatic carbocycles. The van der Waals surface area contributed by atoms with Crippen LogP contribution in [0.15, 0.2) is 9.98 Å². The Bertz CT molecular complexity index is 466. The van der Waals surface area contributed by atoms with Crippen LogP contribution in [0.2, 0.25) is 0 Å². The van der Waals surface area contributed by atoms with Gasteiger partial charge in [-0.25, -0.2) is 9.98 Å². The summed E-state index contributed by atoms with van der Waals surface area (Å²) in [5.41, 5.74) is 0. The topological polar surface area (TPSA) is 24.7 Å². The van der Waals surface area contributed by atoms with Gasteiger partial charge >= 0.3 is 0 Å². The van der Waals surface area contributed by atoms with Crippen molar-refractivity contribution < 1.29 is 8.97 Å². The molecule has 0 aromatic heterocycles. The van der Waals surface area contributed by atoms with Gasteiger partial charge in [-0.15, -0.1) is 0 Å². The van der Waals surface area contributed by atoms with E-state index < -0.39 is 0 Å². The van der Waals surface area contributed by atoms with Crippen molar-refractivity contribution in [3.05, 3.63) is 0 Å². The van der Waals surface area contributed by atoms with Gasteiger partial charge in [0.15, 0.2) is 11.7 Å². The summed E-state index contributed by atoms with van der Waals surface area (Å²) in [6.45, 7) is 10.2. The third-order valence-electron chi connectivity index (χ3n) is 7.10. The molecule has 24 heavy (non-hydrogen) atoms. The van der Waals surface area contributed by atoms with Crippen LogP contribution < -0.4 is 0 Å². The summed E-state index contributed by atoms with van der Waals surface area (Å²) < 4.78 is 2.49. The summed E-state index contributed by atoms with van der Waals surface area (Å²) >= 11 is 0. The zero-order valence-corrected chi connectivity index (χ0v) is 15.5. The highest BCUT2D eigenvalue weighted by Crippen LogP contribution is 2.29. The number of fused-ring (bicyclic) bond motifs is 2. The first-order valence-electron chi connectivity index (χ1n) is 10.6. The Morgan fingerprint density at radius 2 is 1.00 bits per heavy atom. The number of quaternary nitrogens is 2. The van der Waals surface area contributed by atoms with Gasteiger partial charge in [0.2, 0.25) is 0 Å². The molecule has 0 aromatic rings. The minimum atomic E-state index is 1.09. The molecule has 0 aromatic carbocycles. The molecule has 4 nitrogen and oxygen atoms in total. The van der Waals surface area contributed by atoms with Gasteiger partial charge in [-0.05, 0) is 38.5 Å². The van der Waals surface area contributed by atoms with Crippen molar-refractivity contribution in [3.8, 4) is 0 Å². The first-order chi connectivity index (χ1) is 11.8. The average Bonchev–Trinajstić information content (AvgIpc) is 2.97. The van der Waals surface area contributed by atoms with E-state index in [0.717, 1.165) is 13.1 Å². The number of rotatable bonds is 3. The smallest absolute Gasteiger partial charge is 0.198 e. The first-order valence-corrected chi connectivity index (χ1v) is 10.6. The van der Waals surface area contributed by atoms with E-state index in [1.807, 2.05) is 0 Å². The highest BCUT2D eigenvalue weighted by Gasteiger charge is 2.43. The number of hydrogen-bond donors (Lipinski definition) is 0. The molecule has 2 fully saturated rings. The monoisotopic (exact) mass is 332 g/mol. The quantitative estimate of drug-likeness (QED) is 0.708. The van der Waals surface area contributed by atoms with Crippen molar-refractivity contribution in [1.82, 2.24) is 0 Å². The molecular formula is C20H36N4+2. The number of amidine groups is 2. The van der Waals surface area contributed by atoms with Crippen LogP contribution in [0, 0.1) is 0 Å². The molecule has 0 saturated carbocycles. The summed E-state index contributed by atoms with van der Waals surface area (Å²) in [6, 6.07) is 0. The van der Waals surface area contributed by atoms with E-state index in [4.69, 9.17) is 9.98 Å². The maximum absolute atomic E-state index is 5.02. The fourth-order valence-electron chi connectivity index (χ4n) is 5.67. The second kappa shape index (κ2) is 7.25. The van der Waals surface area contributed by atoms with Gasteiger partial charge in [0.05, 0.1) is 26.2 Å². The molecule has 0 amide bonds. The van der Waals surface area contributed by atoms with Gasteiger partial charge < -0.3 is 0 Å². The van der Waals surface area contributed by atoms with Crippen molar-refractivity contribution in [2.45, 2.75) is 64.2 Å². The molecule has 0 N–H and O–H groups in total. The van der Waals surface area contributed by atoms with E-state index in [9.17, 15) is 0 Å². The van der Waals surface area contributed by atoms with E-state index in [0.29, 0.717) is 0 Å². The fraction of sp³-hybridized carbons (Fsp3) is 0.900. The second-order valence-electron chi connectivity index (χ2n) is 8.56. The van der Waals surface area contributed by atoms with E-state index in [1.165, 1.54) is 112 Å². The predicted octanol–water partition coefficient (Wildman–Crippen LogP) is 3.37. The molecule has 4 aliphatic heterocycles. The van der Waals surface area contributed by atoms with Gasteiger partial charge in [-0.3, -0.25) is 8.97 Å². The zero-order valence-electron chi connectivity index (χ0n) is 15.5. The third kappa shape index (κ3) is 3.20. The highest BCUT2D eigenvalue weighted by molar-refractivity contribution is 5.77. The average molecular weight is 333 g/mol. The SMILES string of the molecule is C1CCC2=NCCC[N+]2(CC[N+]23CCCCCC2=NCCC3)CC1. The zero-order chi connectivity index (χ0) is 16.3.